The number of carbonyl (C=O) groups is 1. The maximum absolute atomic E-state index is 12.5. The standard InChI is InChI=1S/C14H19BrN2O2.ClH/c1-9-8-17(6-5-12(9)16)14(18)11-4-3-10(15)7-13(11)19-2;/h3-4,7,9,12H,5-6,8,16H2,1-2H3;1H. The van der Waals surface area contributed by atoms with Crippen molar-refractivity contribution in [2.45, 2.75) is 19.4 Å². The Hall–Kier alpha value is -0.780. The van der Waals surface area contributed by atoms with E-state index < -0.39 is 0 Å². The van der Waals surface area contributed by atoms with Gasteiger partial charge in [0, 0.05) is 23.6 Å². The predicted molar refractivity (Wildman–Crippen MR) is 85.6 cm³/mol. The summed E-state index contributed by atoms with van der Waals surface area (Å²) < 4.78 is 6.18. The lowest BCUT2D eigenvalue weighted by atomic mass is 9.94. The van der Waals surface area contributed by atoms with Gasteiger partial charge >= 0.3 is 0 Å². The lowest BCUT2D eigenvalue weighted by molar-refractivity contribution is 0.0661. The van der Waals surface area contributed by atoms with Gasteiger partial charge in [0.15, 0.2) is 0 Å². The Bertz CT molecular complexity index is 484. The van der Waals surface area contributed by atoms with Gasteiger partial charge < -0.3 is 15.4 Å². The SMILES string of the molecule is COc1cc(Br)ccc1C(=O)N1CCC(N)C(C)C1.Cl. The normalized spacial score (nSPS) is 22.1. The molecule has 0 saturated carbocycles. The van der Waals surface area contributed by atoms with Crippen LogP contribution in [0.1, 0.15) is 23.7 Å². The number of methoxy groups -OCH3 is 1. The van der Waals surface area contributed by atoms with Gasteiger partial charge in [-0.15, -0.1) is 12.4 Å². The van der Waals surface area contributed by atoms with Gasteiger partial charge in [0.2, 0.25) is 0 Å². The maximum Gasteiger partial charge on any atom is 0.257 e. The average molecular weight is 364 g/mol. The summed E-state index contributed by atoms with van der Waals surface area (Å²) in [6, 6.07) is 5.65. The summed E-state index contributed by atoms with van der Waals surface area (Å²) >= 11 is 3.38. The van der Waals surface area contributed by atoms with Crippen LogP contribution in [-0.2, 0) is 0 Å². The molecule has 2 atom stereocenters. The molecule has 4 nitrogen and oxygen atoms in total. The monoisotopic (exact) mass is 362 g/mol. The number of rotatable bonds is 2. The fourth-order valence-electron chi connectivity index (χ4n) is 2.36. The topological polar surface area (TPSA) is 55.6 Å². The van der Waals surface area contributed by atoms with Gasteiger partial charge in [-0.25, -0.2) is 0 Å². The van der Waals surface area contributed by atoms with Crippen LogP contribution in [0.25, 0.3) is 0 Å². The lowest BCUT2D eigenvalue weighted by Crippen LogP contribution is -2.48. The van der Waals surface area contributed by atoms with Gasteiger partial charge in [-0.2, -0.15) is 0 Å². The van der Waals surface area contributed by atoms with E-state index in [4.69, 9.17) is 10.5 Å². The fraction of sp³-hybridized carbons (Fsp3) is 0.500. The third-order valence-electron chi connectivity index (χ3n) is 3.65. The van der Waals surface area contributed by atoms with Crippen molar-refractivity contribution in [3.05, 3.63) is 28.2 Å². The summed E-state index contributed by atoms with van der Waals surface area (Å²) in [5.41, 5.74) is 6.59. The second-order valence-electron chi connectivity index (χ2n) is 5.03. The van der Waals surface area contributed by atoms with Gasteiger partial charge in [0.05, 0.1) is 12.7 Å². The number of nitrogens with two attached hydrogens (primary N) is 1. The maximum atomic E-state index is 12.5. The number of nitrogens with zero attached hydrogens (tertiary/aromatic N) is 1. The highest BCUT2D eigenvalue weighted by Crippen LogP contribution is 2.26. The first-order valence-electron chi connectivity index (χ1n) is 6.41. The van der Waals surface area contributed by atoms with Crippen LogP contribution in [0, 0.1) is 5.92 Å². The van der Waals surface area contributed by atoms with Gasteiger partial charge in [-0.05, 0) is 30.5 Å². The minimum absolute atomic E-state index is 0. The van der Waals surface area contributed by atoms with Crippen molar-refractivity contribution in [3.63, 3.8) is 0 Å². The van der Waals surface area contributed by atoms with Crippen molar-refractivity contribution in [2.24, 2.45) is 11.7 Å². The molecule has 0 aliphatic carbocycles. The number of benzene rings is 1. The fourth-order valence-corrected chi connectivity index (χ4v) is 2.70. The Balaban J connectivity index is 0.00000200. The van der Waals surface area contributed by atoms with Crippen molar-refractivity contribution in [1.82, 2.24) is 4.90 Å². The van der Waals surface area contributed by atoms with Crippen molar-refractivity contribution in [3.8, 4) is 5.75 Å². The first-order valence-corrected chi connectivity index (χ1v) is 7.20. The van der Waals surface area contributed by atoms with E-state index in [-0.39, 0.29) is 24.4 Å². The van der Waals surface area contributed by atoms with Crippen molar-refractivity contribution >= 4 is 34.2 Å². The highest BCUT2D eigenvalue weighted by Gasteiger charge is 2.28. The third kappa shape index (κ3) is 3.65. The summed E-state index contributed by atoms with van der Waals surface area (Å²) in [5.74, 6) is 0.948. The highest BCUT2D eigenvalue weighted by atomic mass is 79.9. The molecule has 0 radical (unpaired) electrons. The molecule has 1 aromatic rings. The molecule has 0 spiro atoms. The van der Waals surface area contributed by atoms with E-state index >= 15 is 0 Å². The zero-order valence-corrected chi connectivity index (χ0v) is 14.0. The van der Waals surface area contributed by atoms with Gasteiger partial charge in [-0.3, -0.25) is 4.79 Å². The largest absolute Gasteiger partial charge is 0.496 e. The third-order valence-corrected chi connectivity index (χ3v) is 4.15. The zero-order chi connectivity index (χ0) is 14.0. The Labute approximate surface area is 134 Å². The quantitative estimate of drug-likeness (QED) is 0.879. The number of hydrogen-bond acceptors (Lipinski definition) is 3. The lowest BCUT2D eigenvalue weighted by Gasteiger charge is -2.35. The minimum Gasteiger partial charge on any atom is -0.496 e. The Morgan fingerprint density at radius 1 is 1.50 bits per heavy atom. The molecule has 0 aromatic heterocycles. The van der Waals surface area contributed by atoms with Crippen LogP contribution in [0.3, 0.4) is 0 Å². The molecule has 1 saturated heterocycles. The molecule has 1 aromatic carbocycles. The molecule has 1 aliphatic rings. The summed E-state index contributed by atoms with van der Waals surface area (Å²) in [6.07, 6.45) is 0.853. The molecule has 0 bridgehead atoms. The molecular formula is C14H20BrClN2O2. The number of amides is 1. The zero-order valence-electron chi connectivity index (χ0n) is 11.6. The van der Waals surface area contributed by atoms with Crippen LogP contribution in [-0.4, -0.2) is 37.0 Å². The molecule has 1 aliphatic heterocycles. The van der Waals surface area contributed by atoms with E-state index in [9.17, 15) is 4.79 Å². The molecule has 2 N–H and O–H groups in total. The summed E-state index contributed by atoms with van der Waals surface area (Å²) in [7, 11) is 1.58. The molecule has 20 heavy (non-hydrogen) atoms. The second kappa shape index (κ2) is 7.29. The first-order chi connectivity index (χ1) is 9.02. The first kappa shape index (κ1) is 17.3. The van der Waals surface area contributed by atoms with E-state index in [0.29, 0.717) is 30.3 Å². The smallest absolute Gasteiger partial charge is 0.257 e. The van der Waals surface area contributed by atoms with Crippen molar-refractivity contribution in [2.75, 3.05) is 20.2 Å². The predicted octanol–water partition coefficient (Wildman–Crippen LogP) is 2.69. The summed E-state index contributed by atoms with van der Waals surface area (Å²) in [5, 5.41) is 0. The highest BCUT2D eigenvalue weighted by molar-refractivity contribution is 9.10. The van der Waals surface area contributed by atoms with Gasteiger partial charge in [-0.1, -0.05) is 22.9 Å². The molecule has 2 unspecified atom stereocenters. The number of carbonyl (C=O) groups excluding carboxylic acids is 1. The van der Waals surface area contributed by atoms with Crippen LogP contribution < -0.4 is 10.5 Å². The van der Waals surface area contributed by atoms with Crippen LogP contribution in [0.5, 0.6) is 5.75 Å². The number of ether oxygens (including phenoxy) is 1. The molecule has 1 amide bonds. The Kier molecular flexibility index (Phi) is 6.30. The van der Waals surface area contributed by atoms with Crippen LogP contribution in [0.2, 0.25) is 0 Å². The molecular weight excluding hydrogens is 344 g/mol. The van der Waals surface area contributed by atoms with Gasteiger partial charge in [0.25, 0.3) is 5.91 Å². The molecule has 2 rings (SSSR count). The molecule has 1 fully saturated rings. The number of halogens is 2. The summed E-state index contributed by atoms with van der Waals surface area (Å²) in [4.78, 5) is 14.4. The van der Waals surface area contributed by atoms with E-state index in [2.05, 4.69) is 22.9 Å². The van der Waals surface area contributed by atoms with E-state index in [1.54, 1.807) is 13.2 Å². The number of likely N-dealkylation sites (tertiary alicyclic amines) is 1. The Morgan fingerprint density at radius 2 is 2.20 bits per heavy atom. The average Bonchev–Trinajstić information content (AvgIpc) is 2.41. The van der Waals surface area contributed by atoms with Crippen LogP contribution in [0.15, 0.2) is 22.7 Å². The van der Waals surface area contributed by atoms with Crippen LogP contribution >= 0.6 is 28.3 Å². The second-order valence-corrected chi connectivity index (χ2v) is 5.94. The minimum atomic E-state index is 0. The molecule has 1 heterocycles. The van der Waals surface area contributed by atoms with Crippen molar-refractivity contribution < 1.29 is 9.53 Å². The van der Waals surface area contributed by atoms with E-state index in [1.807, 2.05) is 17.0 Å². The van der Waals surface area contributed by atoms with Gasteiger partial charge in [0.1, 0.15) is 5.75 Å². The summed E-state index contributed by atoms with van der Waals surface area (Å²) in [6.45, 7) is 3.51. The Morgan fingerprint density at radius 3 is 2.80 bits per heavy atom. The number of hydrogen-bond donors (Lipinski definition) is 1. The molecule has 6 heteroatoms. The molecule has 112 valence electrons. The van der Waals surface area contributed by atoms with E-state index in [0.717, 1.165) is 10.9 Å². The van der Waals surface area contributed by atoms with Crippen molar-refractivity contribution in [1.29, 1.82) is 0 Å². The van der Waals surface area contributed by atoms with E-state index in [1.165, 1.54) is 0 Å². The number of piperidine rings is 1. The van der Waals surface area contributed by atoms with Crippen LogP contribution in [0.4, 0.5) is 0 Å².